The van der Waals surface area contributed by atoms with E-state index in [2.05, 4.69) is 23.1 Å². The first kappa shape index (κ1) is 17.1. The maximum Gasteiger partial charge on any atom is 0.179 e. The second-order valence-corrected chi connectivity index (χ2v) is 6.19. The molecule has 0 aliphatic carbocycles. The van der Waals surface area contributed by atoms with Crippen molar-refractivity contribution < 1.29 is 0 Å². The Morgan fingerprint density at radius 1 is 1.00 bits per heavy atom. The number of halogens is 1. The maximum atomic E-state index is 6.12. The molecule has 3 nitrogen and oxygen atoms in total. The van der Waals surface area contributed by atoms with Crippen molar-refractivity contribution >= 4 is 22.7 Å². The Bertz CT molecular complexity index is 962. The lowest BCUT2D eigenvalue weighted by Crippen LogP contribution is -2.02. The van der Waals surface area contributed by atoms with Crippen molar-refractivity contribution in [2.45, 2.75) is 13.8 Å². The lowest BCUT2D eigenvalue weighted by molar-refractivity contribution is 1.07. The van der Waals surface area contributed by atoms with Gasteiger partial charge in [0.25, 0.3) is 0 Å². The summed E-state index contributed by atoms with van der Waals surface area (Å²) in [7, 11) is 0. The molecule has 0 radical (unpaired) electrons. The Kier molecular flexibility index (Phi) is 4.77. The van der Waals surface area contributed by atoms with Crippen LogP contribution in [-0.2, 0) is 0 Å². The Morgan fingerprint density at radius 3 is 2.36 bits per heavy atom. The van der Waals surface area contributed by atoms with Crippen molar-refractivity contribution in [1.82, 2.24) is 15.0 Å². The Hall–Kier alpha value is -2.78. The highest BCUT2D eigenvalue weighted by atomic mass is 35.5. The monoisotopic (exact) mass is 347 g/mol. The summed E-state index contributed by atoms with van der Waals surface area (Å²) in [6, 6.07) is 14.0. The molecule has 0 aliphatic rings. The number of rotatable bonds is 4. The fraction of sp³-hybridized carbons (Fsp3) is 0.0952. The first-order chi connectivity index (χ1) is 12.0. The van der Waals surface area contributed by atoms with Gasteiger partial charge in [0.05, 0.1) is 16.4 Å². The van der Waals surface area contributed by atoms with Gasteiger partial charge in [-0.25, -0.2) is 15.0 Å². The molecule has 0 saturated heterocycles. The van der Waals surface area contributed by atoms with Gasteiger partial charge in [-0.2, -0.15) is 0 Å². The van der Waals surface area contributed by atoms with Crippen molar-refractivity contribution in [2.24, 2.45) is 0 Å². The van der Waals surface area contributed by atoms with Gasteiger partial charge in [-0.05, 0) is 25.5 Å². The smallest absolute Gasteiger partial charge is 0.179 e. The lowest BCUT2D eigenvalue weighted by atomic mass is 10.1. The average molecular weight is 348 g/mol. The van der Waals surface area contributed by atoms with Crippen molar-refractivity contribution in [3.05, 3.63) is 78.1 Å². The Labute approximate surface area is 152 Å². The van der Waals surface area contributed by atoms with Crippen molar-refractivity contribution in [1.29, 1.82) is 0 Å². The van der Waals surface area contributed by atoms with Gasteiger partial charge in [0.15, 0.2) is 5.82 Å². The van der Waals surface area contributed by atoms with E-state index < -0.39 is 0 Å². The summed E-state index contributed by atoms with van der Waals surface area (Å²) < 4.78 is 0. The van der Waals surface area contributed by atoms with Gasteiger partial charge in [-0.3, -0.25) is 0 Å². The van der Waals surface area contributed by atoms with Crippen LogP contribution in [0.2, 0.25) is 0 Å². The molecular weight excluding hydrogens is 330 g/mol. The second kappa shape index (κ2) is 6.99. The van der Waals surface area contributed by atoms with Crippen LogP contribution in [0.15, 0.2) is 55.6 Å². The third kappa shape index (κ3) is 3.37. The molecule has 2 heterocycles. The number of benzene rings is 1. The van der Waals surface area contributed by atoms with E-state index in [9.17, 15) is 0 Å². The molecule has 0 amide bonds. The van der Waals surface area contributed by atoms with Crippen LogP contribution < -0.4 is 0 Å². The SMILES string of the molecule is C=Cc1c(C)nc(-c2ccc(C)c(-c3ccccc3)n2)nc1C(=C)Cl. The summed E-state index contributed by atoms with van der Waals surface area (Å²) in [5.74, 6) is 0.525. The fourth-order valence-corrected chi connectivity index (χ4v) is 2.83. The van der Waals surface area contributed by atoms with E-state index in [0.29, 0.717) is 22.2 Å². The molecule has 4 heteroatoms. The number of pyridine rings is 1. The molecule has 124 valence electrons. The second-order valence-electron chi connectivity index (χ2n) is 5.73. The average Bonchev–Trinajstić information content (AvgIpc) is 2.62. The van der Waals surface area contributed by atoms with Gasteiger partial charge in [-0.15, -0.1) is 0 Å². The van der Waals surface area contributed by atoms with Crippen molar-refractivity contribution in [3.8, 4) is 22.8 Å². The molecule has 0 atom stereocenters. The van der Waals surface area contributed by atoms with E-state index in [1.165, 1.54) is 0 Å². The molecule has 1 aromatic carbocycles. The van der Waals surface area contributed by atoms with Crippen LogP contribution in [0.5, 0.6) is 0 Å². The van der Waals surface area contributed by atoms with E-state index in [1.807, 2.05) is 56.3 Å². The molecule has 0 saturated carbocycles. The Balaban J connectivity index is 2.18. The van der Waals surface area contributed by atoms with E-state index in [1.54, 1.807) is 6.08 Å². The van der Waals surface area contributed by atoms with Gasteiger partial charge in [-0.1, -0.05) is 67.2 Å². The number of nitrogens with zero attached hydrogens (tertiary/aromatic N) is 3. The summed E-state index contributed by atoms with van der Waals surface area (Å²) in [5, 5.41) is 0.358. The van der Waals surface area contributed by atoms with Gasteiger partial charge < -0.3 is 0 Å². The number of aromatic nitrogens is 3. The predicted octanol–water partition coefficient (Wildman–Crippen LogP) is 5.67. The summed E-state index contributed by atoms with van der Waals surface area (Å²) in [6.45, 7) is 11.5. The predicted molar refractivity (Wildman–Crippen MR) is 105 cm³/mol. The van der Waals surface area contributed by atoms with Crippen LogP contribution in [0.25, 0.3) is 33.9 Å². The third-order valence-electron chi connectivity index (χ3n) is 3.97. The molecule has 0 aliphatic heterocycles. The number of hydrogen-bond acceptors (Lipinski definition) is 3. The lowest BCUT2D eigenvalue weighted by Gasteiger charge is -2.11. The third-order valence-corrected chi connectivity index (χ3v) is 4.15. The summed E-state index contributed by atoms with van der Waals surface area (Å²) in [5.41, 5.74) is 5.93. The van der Waals surface area contributed by atoms with E-state index >= 15 is 0 Å². The van der Waals surface area contributed by atoms with Crippen molar-refractivity contribution in [3.63, 3.8) is 0 Å². The number of hydrogen-bond donors (Lipinski definition) is 0. The zero-order valence-electron chi connectivity index (χ0n) is 14.3. The standard InChI is InChI=1S/C21H18ClN3/c1-5-17-15(4)23-21(25-20(17)14(3)22)18-12-11-13(2)19(24-18)16-9-7-6-8-10-16/h5-12H,1,3H2,2,4H3. The normalized spacial score (nSPS) is 10.5. The minimum atomic E-state index is 0.358. The molecule has 0 fully saturated rings. The molecule has 2 aromatic heterocycles. The van der Waals surface area contributed by atoms with Crippen molar-refractivity contribution in [2.75, 3.05) is 0 Å². The van der Waals surface area contributed by atoms with Gasteiger partial charge in [0, 0.05) is 16.8 Å². The molecule has 0 N–H and O–H groups in total. The van der Waals surface area contributed by atoms with Gasteiger partial charge >= 0.3 is 0 Å². The van der Waals surface area contributed by atoms with Gasteiger partial charge in [0.2, 0.25) is 0 Å². The first-order valence-electron chi connectivity index (χ1n) is 7.90. The zero-order valence-corrected chi connectivity index (χ0v) is 15.0. The molecule has 0 bridgehead atoms. The molecular formula is C21H18ClN3. The van der Waals surface area contributed by atoms with Crippen LogP contribution in [0.3, 0.4) is 0 Å². The summed E-state index contributed by atoms with van der Waals surface area (Å²) in [4.78, 5) is 13.9. The Morgan fingerprint density at radius 2 is 1.72 bits per heavy atom. The molecule has 0 unspecified atom stereocenters. The van der Waals surface area contributed by atoms with E-state index in [0.717, 1.165) is 28.1 Å². The fourth-order valence-electron chi connectivity index (χ4n) is 2.69. The molecule has 25 heavy (non-hydrogen) atoms. The first-order valence-corrected chi connectivity index (χ1v) is 8.28. The quantitative estimate of drug-likeness (QED) is 0.609. The topological polar surface area (TPSA) is 38.7 Å². The highest BCUT2D eigenvalue weighted by Crippen LogP contribution is 2.27. The highest BCUT2D eigenvalue weighted by molar-refractivity contribution is 6.48. The molecule has 0 spiro atoms. The van der Waals surface area contributed by atoms with Crippen LogP contribution in [0, 0.1) is 13.8 Å². The van der Waals surface area contributed by atoms with Crippen LogP contribution in [-0.4, -0.2) is 15.0 Å². The van der Waals surface area contributed by atoms with Crippen LogP contribution >= 0.6 is 11.6 Å². The number of aryl methyl sites for hydroxylation is 2. The minimum Gasteiger partial charge on any atom is -0.244 e. The van der Waals surface area contributed by atoms with Gasteiger partial charge in [0.1, 0.15) is 5.69 Å². The summed E-state index contributed by atoms with van der Waals surface area (Å²) in [6.07, 6.45) is 1.69. The minimum absolute atomic E-state index is 0.358. The van der Waals surface area contributed by atoms with Crippen LogP contribution in [0.4, 0.5) is 0 Å². The van der Waals surface area contributed by atoms with E-state index in [-0.39, 0.29) is 0 Å². The zero-order chi connectivity index (χ0) is 18.0. The largest absolute Gasteiger partial charge is 0.244 e. The highest BCUT2D eigenvalue weighted by Gasteiger charge is 2.14. The maximum absolute atomic E-state index is 6.12. The van der Waals surface area contributed by atoms with E-state index in [4.69, 9.17) is 16.6 Å². The molecule has 3 aromatic rings. The van der Waals surface area contributed by atoms with Crippen LogP contribution in [0.1, 0.15) is 22.5 Å². The molecule has 3 rings (SSSR count). The summed E-state index contributed by atoms with van der Waals surface area (Å²) >= 11 is 6.12.